The van der Waals surface area contributed by atoms with Crippen LogP contribution in [-0.4, -0.2) is 53.6 Å². The topological polar surface area (TPSA) is 57.7 Å². The van der Waals surface area contributed by atoms with E-state index in [-0.39, 0.29) is 23.5 Å². The van der Waals surface area contributed by atoms with Crippen molar-refractivity contribution in [3.8, 4) is 0 Å². The van der Waals surface area contributed by atoms with Gasteiger partial charge in [-0.2, -0.15) is 0 Å². The standard InChI is InChI=1S/C18H30N2O3/c1-6-8-17(22)20-10-7-9-16(20)18(23)19(5)12-15(14(4)21)11-13(2)3/h6,8,13,15-16H,7,9-12H2,1-5H3/b8-6+/t15-,16-/m0/s1. The van der Waals surface area contributed by atoms with Crippen molar-refractivity contribution in [2.45, 2.75) is 53.0 Å². The van der Waals surface area contributed by atoms with Gasteiger partial charge in [-0.3, -0.25) is 14.4 Å². The smallest absolute Gasteiger partial charge is 0.246 e. The lowest BCUT2D eigenvalue weighted by Gasteiger charge is -2.29. The molecule has 0 spiro atoms. The molecule has 0 unspecified atom stereocenters. The zero-order valence-corrected chi connectivity index (χ0v) is 15.0. The zero-order valence-electron chi connectivity index (χ0n) is 15.0. The van der Waals surface area contributed by atoms with Gasteiger partial charge in [-0.1, -0.05) is 19.9 Å². The van der Waals surface area contributed by atoms with E-state index in [4.69, 9.17) is 0 Å². The first-order chi connectivity index (χ1) is 10.8. The molecule has 130 valence electrons. The Morgan fingerprint density at radius 3 is 2.48 bits per heavy atom. The molecule has 2 amide bonds. The van der Waals surface area contributed by atoms with Gasteiger partial charge in [0.05, 0.1) is 0 Å². The lowest BCUT2D eigenvalue weighted by Crippen LogP contribution is -2.47. The van der Waals surface area contributed by atoms with Gasteiger partial charge in [-0.15, -0.1) is 0 Å². The van der Waals surface area contributed by atoms with Gasteiger partial charge in [0, 0.05) is 26.1 Å². The third-order valence-corrected chi connectivity index (χ3v) is 4.33. The van der Waals surface area contributed by atoms with Gasteiger partial charge in [-0.05, 0) is 45.1 Å². The summed E-state index contributed by atoms with van der Waals surface area (Å²) in [6.07, 6.45) is 5.51. The normalized spacial score (nSPS) is 19.4. The van der Waals surface area contributed by atoms with E-state index in [9.17, 15) is 14.4 Å². The summed E-state index contributed by atoms with van der Waals surface area (Å²) in [5.41, 5.74) is 0. The number of amides is 2. The minimum absolute atomic E-state index is 0.0599. The fourth-order valence-electron chi connectivity index (χ4n) is 3.14. The molecule has 1 rings (SSSR count). The summed E-state index contributed by atoms with van der Waals surface area (Å²) in [7, 11) is 1.73. The van der Waals surface area contributed by atoms with E-state index < -0.39 is 6.04 Å². The first kappa shape index (κ1) is 19.4. The maximum atomic E-state index is 12.7. The third kappa shape index (κ3) is 5.48. The number of carbonyl (C=O) groups excluding carboxylic acids is 3. The molecule has 5 nitrogen and oxygen atoms in total. The van der Waals surface area contributed by atoms with E-state index in [1.165, 1.54) is 6.08 Å². The number of carbonyl (C=O) groups is 3. The molecule has 1 saturated heterocycles. The van der Waals surface area contributed by atoms with Crippen LogP contribution in [0.3, 0.4) is 0 Å². The highest BCUT2D eigenvalue weighted by Crippen LogP contribution is 2.21. The fraction of sp³-hybridized carbons (Fsp3) is 0.722. The monoisotopic (exact) mass is 322 g/mol. The van der Waals surface area contributed by atoms with Gasteiger partial charge in [0.1, 0.15) is 11.8 Å². The average Bonchev–Trinajstić information content (AvgIpc) is 2.94. The predicted molar refractivity (Wildman–Crippen MR) is 90.8 cm³/mol. The van der Waals surface area contributed by atoms with E-state index in [0.717, 1.165) is 12.8 Å². The van der Waals surface area contributed by atoms with Crippen molar-refractivity contribution < 1.29 is 14.4 Å². The molecule has 0 bridgehead atoms. The Morgan fingerprint density at radius 2 is 1.96 bits per heavy atom. The summed E-state index contributed by atoms with van der Waals surface area (Å²) < 4.78 is 0. The molecular weight excluding hydrogens is 292 g/mol. The van der Waals surface area contributed by atoms with Crippen LogP contribution in [0, 0.1) is 11.8 Å². The minimum Gasteiger partial charge on any atom is -0.343 e. The summed E-state index contributed by atoms with van der Waals surface area (Å²) in [5.74, 6) is 0.223. The summed E-state index contributed by atoms with van der Waals surface area (Å²) in [4.78, 5) is 39.9. The number of allylic oxidation sites excluding steroid dienone is 1. The summed E-state index contributed by atoms with van der Waals surface area (Å²) >= 11 is 0. The molecule has 1 heterocycles. The van der Waals surface area contributed by atoms with Crippen LogP contribution in [0.15, 0.2) is 12.2 Å². The highest BCUT2D eigenvalue weighted by molar-refractivity contribution is 5.93. The Kier molecular flexibility index (Phi) is 7.46. The molecule has 5 heteroatoms. The molecule has 2 atom stereocenters. The van der Waals surface area contributed by atoms with E-state index in [1.54, 1.807) is 36.8 Å². The molecular formula is C18H30N2O3. The van der Waals surface area contributed by atoms with E-state index in [1.807, 2.05) is 0 Å². The highest BCUT2D eigenvalue weighted by atomic mass is 16.2. The molecule has 1 aliphatic heterocycles. The van der Waals surface area contributed by atoms with Crippen LogP contribution in [0.1, 0.15) is 47.0 Å². The molecule has 0 N–H and O–H groups in total. The van der Waals surface area contributed by atoms with Crippen LogP contribution in [0.4, 0.5) is 0 Å². The summed E-state index contributed by atoms with van der Waals surface area (Å²) in [6.45, 7) is 8.57. The SMILES string of the molecule is C/C=C/C(=O)N1CCC[C@H]1C(=O)N(C)C[C@H](CC(C)C)C(C)=O. The number of nitrogens with zero attached hydrogens (tertiary/aromatic N) is 2. The van der Waals surface area contributed by atoms with Gasteiger partial charge in [0.2, 0.25) is 11.8 Å². The summed E-state index contributed by atoms with van der Waals surface area (Å²) in [6, 6.07) is -0.393. The van der Waals surface area contributed by atoms with Crippen molar-refractivity contribution >= 4 is 17.6 Å². The number of rotatable bonds is 7. The molecule has 0 aliphatic carbocycles. The Labute approximate surface area is 139 Å². The quantitative estimate of drug-likeness (QED) is 0.676. The highest BCUT2D eigenvalue weighted by Gasteiger charge is 2.35. The minimum atomic E-state index is -0.393. The van der Waals surface area contributed by atoms with Gasteiger partial charge in [0.15, 0.2) is 0 Å². The van der Waals surface area contributed by atoms with Gasteiger partial charge < -0.3 is 9.80 Å². The van der Waals surface area contributed by atoms with Gasteiger partial charge in [0.25, 0.3) is 0 Å². The van der Waals surface area contributed by atoms with Crippen LogP contribution in [0.5, 0.6) is 0 Å². The average molecular weight is 322 g/mol. The Morgan fingerprint density at radius 1 is 1.30 bits per heavy atom. The Balaban J connectivity index is 2.74. The summed E-state index contributed by atoms with van der Waals surface area (Å²) in [5, 5.41) is 0. The van der Waals surface area contributed by atoms with E-state index in [2.05, 4.69) is 13.8 Å². The van der Waals surface area contributed by atoms with E-state index in [0.29, 0.717) is 25.4 Å². The van der Waals surface area contributed by atoms with Gasteiger partial charge >= 0.3 is 0 Å². The molecule has 0 saturated carbocycles. The Bertz CT molecular complexity index is 471. The van der Waals surface area contributed by atoms with Gasteiger partial charge in [-0.25, -0.2) is 0 Å². The van der Waals surface area contributed by atoms with E-state index >= 15 is 0 Å². The van der Waals surface area contributed by atoms with Crippen molar-refractivity contribution in [2.24, 2.45) is 11.8 Å². The Hall–Kier alpha value is -1.65. The molecule has 0 aromatic heterocycles. The van der Waals surface area contributed by atoms with Crippen molar-refractivity contribution in [1.82, 2.24) is 9.80 Å². The molecule has 0 aromatic rings. The van der Waals surface area contributed by atoms with Crippen LogP contribution < -0.4 is 0 Å². The number of Topliss-reactive ketones (excluding diaryl/α,β-unsaturated/α-hetero) is 1. The number of likely N-dealkylation sites (tertiary alicyclic amines) is 1. The second kappa shape index (κ2) is 8.85. The zero-order chi connectivity index (χ0) is 17.6. The molecule has 1 aliphatic rings. The maximum absolute atomic E-state index is 12.7. The molecule has 1 fully saturated rings. The second-order valence-corrected chi connectivity index (χ2v) is 6.85. The maximum Gasteiger partial charge on any atom is 0.246 e. The number of ketones is 1. The lowest BCUT2D eigenvalue weighted by atomic mass is 9.93. The first-order valence-corrected chi connectivity index (χ1v) is 8.46. The lowest BCUT2D eigenvalue weighted by molar-refractivity contribution is -0.141. The van der Waals surface area contributed by atoms with Crippen LogP contribution in [0.2, 0.25) is 0 Å². The number of hydrogen-bond acceptors (Lipinski definition) is 3. The number of likely N-dealkylation sites (N-methyl/N-ethyl adjacent to an activating group) is 1. The molecule has 0 aromatic carbocycles. The van der Waals surface area contributed by atoms with Crippen LogP contribution in [-0.2, 0) is 14.4 Å². The third-order valence-electron chi connectivity index (χ3n) is 4.33. The largest absolute Gasteiger partial charge is 0.343 e. The molecule has 0 radical (unpaired) electrons. The second-order valence-electron chi connectivity index (χ2n) is 6.85. The van der Waals surface area contributed by atoms with Crippen molar-refractivity contribution in [2.75, 3.05) is 20.1 Å². The fourth-order valence-corrected chi connectivity index (χ4v) is 3.14. The molecule has 23 heavy (non-hydrogen) atoms. The van der Waals surface area contributed by atoms with Crippen LogP contribution >= 0.6 is 0 Å². The predicted octanol–water partition coefficient (Wildman–Crippen LogP) is 2.26. The number of hydrogen-bond donors (Lipinski definition) is 0. The van der Waals surface area contributed by atoms with Crippen LogP contribution in [0.25, 0.3) is 0 Å². The van der Waals surface area contributed by atoms with Crippen molar-refractivity contribution in [1.29, 1.82) is 0 Å². The first-order valence-electron chi connectivity index (χ1n) is 8.46. The van der Waals surface area contributed by atoms with Crippen molar-refractivity contribution in [3.05, 3.63) is 12.2 Å². The van der Waals surface area contributed by atoms with Crippen molar-refractivity contribution in [3.63, 3.8) is 0 Å².